The fourth-order valence-electron chi connectivity index (χ4n) is 2.04. The van der Waals surface area contributed by atoms with Gasteiger partial charge in [0.05, 0.1) is 11.3 Å². The molecule has 0 bridgehead atoms. The molecule has 0 spiro atoms. The number of carbonyl (C=O) groups excluding carboxylic acids is 1. The van der Waals surface area contributed by atoms with Crippen LogP contribution in [0, 0.1) is 29.4 Å². The van der Waals surface area contributed by atoms with E-state index in [0.29, 0.717) is 6.07 Å². The van der Waals surface area contributed by atoms with E-state index >= 15 is 0 Å². The Kier molecular flexibility index (Phi) is 3.77. The van der Waals surface area contributed by atoms with Gasteiger partial charge in [-0.15, -0.1) is 0 Å². The minimum Gasteiger partial charge on any atom is -0.310 e. The maximum absolute atomic E-state index is 14.0. The van der Waals surface area contributed by atoms with Crippen molar-refractivity contribution < 1.29 is 26.7 Å². The molecule has 0 aromatic heterocycles. The highest BCUT2D eigenvalue weighted by Gasteiger charge is 2.61. The lowest BCUT2D eigenvalue weighted by Crippen LogP contribution is -2.59. The first-order valence-electron chi connectivity index (χ1n) is 6.25. The lowest BCUT2D eigenvalue weighted by Gasteiger charge is -2.37. The number of nitrogens with one attached hydrogen (secondary N) is 2. The fraction of sp³-hybridized carbons (Fsp3) is 0.357. The van der Waals surface area contributed by atoms with Crippen molar-refractivity contribution in [2.75, 3.05) is 5.32 Å². The van der Waals surface area contributed by atoms with Crippen molar-refractivity contribution in [2.24, 2.45) is 5.92 Å². The molecule has 3 nitrogen and oxygen atoms in total. The number of benzene rings is 1. The molecule has 22 heavy (non-hydrogen) atoms. The van der Waals surface area contributed by atoms with E-state index in [1.54, 1.807) is 5.32 Å². The maximum atomic E-state index is 14.0. The summed E-state index contributed by atoms with van der Waals surface area (Å²) in [5.74, 6) is 0.509. The molecule has 1 aliphatic rings. The van der Waals surface area contributed by atoms with Crippen LogP contribution in [0.5, 0.6) is 0 Å². The number of amides is 2. The van der Waals surface area contributed by atoms with Crippen molar-refractivity contribution in [3.8, 4) is 11.8 Å². The fourth-order valence-corrected chi connectivity index (χ4v) is 2.04. The van der Waals surface area contributed by atoms with Gasteiger partial charge >= 0.3 is 12.2 Å². The molecule has 2 N–H and O–H groups in total. The molecule has 118 valence electrons. The summed E-state index contributed by atoms with van der Waals surface area (Å²) in [7, 11) is 0. The van der Waals surface area contributed by atoms with Crippen LogP contribution < -0.4 is 10.6 Å². The number of hydrogen-bond acceptors (Lipinski definition) is 1. The van der Waals surface area contributed by atoms with Crippen LogP contribution in [0.15, 0.2) is 12.1 Å². The molecule has 0 unspecified atom stereocenters. The molecule has 1 aromatic carbocycles. The minimum absolute atomic E-state index is 0.467. The Balaban J connectivity index is 2.84. The van der Waals surface area contributed by atoms with E-state index < -0.39 is 46.5 Å². The summed E-state index contributed by atoms with van der Waals surface area (Å²) in [4.78, 5) is 11.5. The van der Waals surface area contributed by atoms with Gasteiger partial charge in [-0.2, -0.15) is 13.2 Å². The predicted molar refractivity (Wildman–Crippen MR) is 68.9 cm³/mol. The predicted octanol–water partition coefficient (Wildman–Crippen LogP) is 3.52. The lowest BCUT2D eigenvalue weighted by molar-refractivity contribution is -0.179. The molecule has 1 heterocycles. The van der Waals surface area contributed by atoms with Crippen LogP contribution in [0.4, 0.5) is 32.4 Å². The molecule has 0 aliphatic carbocycles. The number of alkyl halides is 3. The average molecular weight is 318 g/mol. The first-order valence-corrected chi connectivity index (χ1v) is 6.25. The van der Waals surface area contributed by atoms with Gasteiger partial charge in [0.15, 0.2) is 11.6 Å². The SMILES string of the molecule is CC(C)C#C[C@@]1(C(F)(F)F)NC(=O)Nc2ccc(F)c(F)c21. The van der Waals surface area contributed by atoms with E-state index in [1.807, 2.05) is 11.2 Å². The van der Waals surface area contributed by atoms with Gasteiger partial charge in [-0.3, -0.25) is 0 Å². The molecule has 2 rings (SSSR count). The second-order valence-electron chi connectivity index (χ2n) is 5.03. The molecular weight excluding hydrogens is 307 g/mol. The highest BCUT2D eigenvalue weighted by molar-refractivity contribution is 5.94. The highest BCUT2D eigenvalue weighted by Crippen LogP contribution is 2.45. The number of hydrogen-bond donors (Lipinski definition) is 2. The van der Waals surface area contributed by atoms with Crippen molar-refractivity contribution in [1.82, 2.24) is 5.32 Å². The van der Waals surface area contributed by atoms with Gasteiger partial charge in [-0.05, 0) is 12.1 Å². The smallest absolute Gasteiger partial charge is 0.310 e. The van der Waals surface area contributed by atoms with Crippen molar-refractivity contribution in [3.05, 3.63) is 29.3 Å². The number of anilines is 1. The van der Waals surface area contributed by atoms with Gasteiger partial charge in [0.25, 0.3) is 0 Å². The standard InChI is InChI=1S/C14H11F5N2O/c1-7(2)5-6-13(14(17,18)19)10-9(20-12(22)21-13)4-3-8(15)11(10)16/h3-4,7H,1-2H3,(H2,20,21,22)/t13-/m1/s1. The quantitative estimate of drug-likeness (QED) is 0.558. The molecule has 0 saturated carbocycles. The molecule has 1 aromatic rings. The normalized spacial score (nSPS) is 20.6. The van der Waals surface area contributed by atoms with Crippen molar-refractivity contribution >= 4 is 11.7 Å². The second kappa shape index (κ2) is 5.16. The number of carbonyl (C=O) groups is 1. The Morgan fingerprint density at radius 1 is 1.23 bits per heavy atom. The first kappa shape index (κ1) is 16.1. The number of fused-ring (bicyclic) bond motifs is 1. The average Bonchev–Trinajstić information content (AvgIpc) is 2.38. The molecule has 0 saturated heterocycles. The number of halogens is 5. The van der Waals surface area contributed by atoms with Crippen LogP contribution in [0.1, 0.15) is 19.4 Å². The second-order valence-corrected chi connectivity index (χ2v) is 5.03. The van der Waals surface area contributed by atoms with Gasteiger partial charge in [0.2, 0.25) is 5.54 Å². The van der Waals surface area contributed by atoms with Gasteiger partial charge in [0, 0.05) is 5.92 Å². The Morgan fingerprint density at radius 2 is 1.86 bits per heavy atom. The minimum atomic E-state index is -5.14. The summed E-state index contributed by atoms with van der Waals surface area (Å²) in [5, 5.41) is 3.61. The molecule has 0 fully saturated rings. The summed E-state index contributed by atoms with van der Waals surface area (Å²) < 4.78 is 68.2. The summed E-state index contributed by atoms with van der Waals surface area (Å²) in [6, 6.07) is 0.301. The molecular formula is C14H11F5N2O. The molecule has 1 aliphatic heterocycles. The zero-order chi connectivity index (χ0) is 16.7. The summed E-state index contributed by atoms with van der Waals surface area (Å²) in [6.07, 6.45) is -5.14. The van der Waals surface area contributed by atoms with Crippen molar-refractivity contribution in [1.29, 1.82) is 0 Å². The summed E-state index contributed by atoms with van der Waals surface area (Å²) in [5.41, 5.74) is -4.85. The number of rotatable bonds is 0. The van der Waals surface area contributed by atoms with E-state index in [4.69, 9.17) is 0 Å². The van der Waals surface area contributed by atoms with E-state index in [-0.39, 0.29) is 0 Å². The zero-order valence-corrected chi connectivity index (χ0v) is 11.5. The van der Waals surface area contributed by atoms with Gasteiger partial charge in [0.1, 0.15) is 0 Å². The van der Waals surface area contributed by atoms with E-state index in [1.165, 1.54) is 13.8 Å². The molecule has 8 heteroatoms. The third-order valence-electron chi connectivity index (χ3n) is 2.99. The molecule has 2 amide bonds. The van der Waals surface area contributed by atoms with E-state index in [9.17, 15) is 26.7 Å². The van der Waals surface area contributed by atoms with E-state index in [0.717, 1.165) is 6.07 Å². The Hall–Kier alpha value is -2.30. The largest absolute Gasteiger partial charge is 0.427 e. The van der Waals surface area contributed by atoms with E-state index in [2.05, 4.69) is 5.92 Å². The Bertz CT molecular complexity index is 687. The van der Waals surface area contributed by atoms with Crippen LogP contribution in [-0.4, -0.2) is 12.2 Å². The highest BCUT2D eigenvalue weighted by atomic mass is 19.4. The van der Waals surface area contributed by atoms with Crippen LogP contribution >= 0.6 is 0 Å². The Labute approximate surface area is 122 Å². The van der Waals surface area contributed by atoms with Crippen molar-refractivity contribution in [2.45, 2.75) is 25.6 Å². The number of urea groups is 1. The molecule has 0 radical (unpaired) electrons. The van der Waals surface area contributed by atoms with Crippen LogP contribution in [0.25, 0.3) is 0 Å². The maximum Gasteiger partial charge on any atom is 0.427 e. The Morgan fingerprint density at radius 3 is 2.41 bits per heavy atom. The van der Waals surface area contributed by atoms with Gasteiger partial charge < -0.3 is 10.6 Å². The van der Waals surface area contributed by atoms with Crippen LogP contribution in [0.3, 0.4) is 0 Å². The van der Waals surface area contributed by atoms with Crippen LogP contribution in [-0.2, 0) is 5.54 Å². The third-order valence-corrected chi connectivity index (χ3v) is 2.99. The van der Waals surface area contributed by atoms with Crippen LogP contribution in [0.2, 0.25) is 0 Å². The first-order chi connectivity index (χ1) is 10.1. The monoisotopic (exact) mass is 318 g/mol. The van der Waals surface area contributed by atoms with Gasteiger partial charge in [-0.25, -0.2) is 13.6 Å². The summed E-state index contributed by atoms with van der Waals surface area (Å²) in [6.45, 7) is 3.06. The zero-order valence-electron chi connectivity index (χ0n) is 11.5. The third kappa shape index (κ3) is 2.47. The molecule has 1 atom stereocenters. The van der Waals surface area contributed by atoms with Crippen molar-refractivity contribution in [3.63, 3.8) is 0 Å². The summed E-state index contributed by atoms with van der Waals surface area (Å²) >= 11 is 0. The topological polar surface area (TPSA) is 41.1 Å². The lowest BCUT2D eigenvalue weighted by atomic mass is 9.85. The van der Waals surface area contributed by atoms with Gasteiger partial charge in [-0.1, -0.05) is 25.7 Å².